The third-order valence-corrected chi connectivity index (χ3v) is 2.40. The van der Waals surface area contributed by atoms with E-state index in [2.05, 4.69) is 0 Å². The van der Waals surface area contributed by atoms with Gasteiger partial charge in [0.1, 0.15) is 0 Å². The molecule has 0 aromatic carbocycles. The van der Waals surface area contributed by atoms with Gasteiger partial charge in [-0.3, -0.25) is 0 Å². The molecule has 0 aromatic rings. The summed E-state index contributed by atoms with van der Waals surface area (Å²) >= 11 is 0. The van der Waals surface area contributed by atoms with Crippen molar-refractivity contribution in [1.82, 2.24) is 0 Å². The van der Waals surface area contributed by atoms with Gasteiger partial charge in [-0.05, 0) is 18.8 Å². The fourth-order valence-corrected chi connectivity index (χ4v) is 1.80. The van der Waals surface area contributed by atoms with E-state index in [1.165, 1.54) is 0 Å². The minimum Gasteiger partial charge on any atom is -0.478 e. The highest BCUT2D eigenvalue weighted by Crippen LogP contribution is 2.39. The van der Waals surface area contributed by atoms with Gasteiger partial charge in [0.2, 0.25) is 0 Å². The Hall–Kier alpha value is -1.00. The van der Waals surface area contributed by atoms with E-state index in [1.54, 1.807) is 0 Å². The van der Waals surface area contributed by atoms with Crippen molar-refractivity contribution in [3.8, 4) is 0 Å². The van der Waals surface area contributed by atoms with Crippen LogP contribution in [0.3, 0.4) is 0 Å². The maximum Gasteiger partial charge on any atom is 0.413 e. The van der Waals surface area contributed by atoms with Crippen LogP contribution in [0.2, 0.25) is 0 Å². The molecule has 0 aromatic heterocycles. The van der Waals surface area contributed by atoms with Gasteiger partial charge in [0.25, 0.3) is 0 Å². The van der Waals surface area contributed by atoms with Gasteiger partial charge in [-0.2, -0.15) is 13.2 Å². The molecule has 0 atom stereocenters. The van der Waals surface area contributed by atoms with E-state index in [0.29, 0.717) is 18.9 Å². The molecule has 1 aliphatic carbocycles. The lowest BCUT2D eigenvalue weighted by Crippen LogP contribution is -2.19. The van der Waals surface area contributed by atoms with E-state index in [4.69, 9.17) is 5.11 Å². The zero-order valence-corrected chi connectivity index (χ0v) is 7.47. The monoisotopic (exact) mass is 208 g/mol. The summed E-state index contributed by atoms with van der Waals surface area (Å²) in [7, 11) is 0. The van der Waals surface area contributed by atoms with Gasteiger partial charge < -0.3 is 5.11 Å². The Morgan fingerprint density at radius 1 is 1.29 bits per heavy atom. The zero-order chi connectivity index (χ0) is 10.8. The van der Waals surface area contributed by atoms with Gasteiger partial charge in [-0.25, -0.2) is 4.79 Å². The van der Waals surface area contributed by atoms with E-state index >= 15 is 0 Å². The number of carbonyl (C=O) groups is 1. The predicted octanol–water partition coefficient (Wildman–Crippen LogP) is 2.75. The third-order valence-electron chi connectivity index (χ3n) is 2.40. The number of alkyl halides is 3. The second-order valence-corrected chi connectivity index (χ2v) is 3.42. The quantitative estimate of drug-likeness (QED) is 0.708. The molecule has 0 heterocycles. The number of hydrogen-bond donors (Lipinski definition) is 1. The fourth-order valence-electron chi connectivity index (χ4n) is 1.80. The van der Waals surface area contributed by atoms with Crippen molar-refractivity contribution < 1.29 is 23.1 Å². The first kappa shape index (κ1) is 11.1. The van der Waals surface area contributed by atoms with E-state index in [9.17, 15) is 18.0 Å². The zero-order valence-electron chi connectivity index (χ0n) is 7.47. The number of aliphatic carboxylic acids is 1. The molecular formula is C9H11F3O2. The first-order valence-corrected chi connectivity index (χ1v) is 4.43. The van der Waals surface area contributed by atoms with Gasteiger partial charge in [0.05, 0.1) is 0 Å². The Labute approximate surface area is 79.4 Å². The van der Waals surface area contributed by atoms with Crippen LogP contribution < -0.4 is 0 Å². The summed E-state index contributed by atoms with van der Waals surface area (Å²) in [5.41, 5.74) is -0.887. The van der Waals surface area contributed by atoms with Crippen LogP contribution in [0.5, 0.6) is 0 Å². The van der Waals surface area contributed by atoms with Crippen molar-refractivity contribution >= 4 is 5.97 Å². The molecule has 1 N–H and O–H groups in total. The van der Waals surface area contributed by atoms with E-state index < -0.39 is 23.6 Å². The first-order valence-electron chi connectivity index (χ1n) is 4.43. The molecule has 1 saturated carbocycles. The van der Waals surface area contributed by atoms with Gasteiger partial charge in [-0.15, -0.1) is 0 Å². The Bertz CT molecular complexity index is 249. The Balaban J connectivity index is 2.86. The van der Waals surface area contributed by atoms with E-state index in [1.807, 2.05) is 0 Å². The van der Waals surface area contributed by atoms with Crippen molar-refractivity contribution in [1.29, 1.82) is 0 Å². The number of rotatable bonds is 2. The van der Waals surface area contributed by atoms with Crippen LogP contribution >= 0.6 is 0 Å². The van der Waals surface area contributed by atoms with Crippen LogP contribution in [0.25, 0.3) is 0 Å². The fraction of sp³-hybridized carbons (Fsp3) is 0.667. The minimum atomic E-state index is -4.51. The molecule has 14 heavy (non-hydrogen) atoms. The lowest BCUT2D eigenvalue weighted by molar-refractivity contribution is -0.133. The Kier molecular flexibility index (Phi) is 3.18. The number of allylic oxidation sites excluding steroid dienone is 1. The summed E-state index contributed by atoms with van der Waals surface area (Å²) in [5, 5.41) is 8.33. The van der Waals surface area contributed by atoms with Crippen molar-refractivity contribution in [3.63, 3.8) is 0 Å². The molecule has 0 amide bonds. The SMILES string of the molecule is O=C(O)/C=C(\C1CCCC1)C(F)(F)F. The second kappa shape index (κ2) is 4.02. The molecule has 0 saturated heterocycles. The topological polar surface area (TPSA) is 37.3 Å². The number of hydrogen-bond acceptors (Lipinski definition) is 1. The van der Waals surface area contributed by atoms with Gasteiger partial charge >= 0.3 is 12.1 Å². The summed E-state index contributed by atoms with van der Waals surface area (Å²) < 4.78 is 37.2. The summed E-state index contributed by atoms with van der Waals surface area (Å²) in [4.78, 5) is 10.2. The standard InChI is InChI=1S/C9H11F3O2/c10-9(11,12)7(5-8(13)14)6-3-1-2-4-6/h5-6H,1-4H2,(H,13,14)/b7-5+. The highest BCUT2D eigenvalue weighted by Gasteiger charge is 2.39. The van der Waals surface area contributed by atoms with Crippen molar-refractivity contribution in [3.05, 3.63) is 11.6 Å². The van der Waals surface area contributed by atoms with E-state index in [0.717, 1.165) is 12.8 Å². The Morgan fingerprint density at radius 2 is 1.79 bits per heavy atom. The molecule has 1 fully saturated rings. The van der Waals surface area contributed by atoms with Crippen molar-refractivity contribution in [2.45, 2.75) is 31.9 Å². The molecule has 5 heteroatoms. The van der Waals surface area contributed by atoms with E-state index in [-0.39, 0.29) is 0 Å². The second-order valence-electron chi connectivity index (χ2n) is 3.42. The van der Waals surface area contributed by atoms with Gasteiger partial charge in [0.15, 0.2) is 0 Å². The molecule has 0 aliphatic heterocycles. The lowest BCUT2D eigenvalue weighted by Gasteiger charge is -2.16. The normalized spacial score (nSPS) is 20.1. The van der Waals surface area contributed by atoms with Crippen LogP contribution in [0.1, 0.15) is 25.7 Å². The van der Waals surface area contributed by atoms with Crippen LogP contribution in [0.4, 0.5) is 13.2 Å². The molecule has 1 aliphatic rings. The van der Waals surface area contributed by atoms with Gasteiger partial charge in [-0.1, -0.05) is 12.8 Å². The molecule has 2 nitrogen and oxygen atoms in total. The summed E-state index contributed by atoms with van der Waals surface area (Å²) in [6.45, 7) is 0. The van der Waals surface area contributed by atoms with Crippen LogP contribution in [0.15, 0.2) is 11.6 Å². The minimum absolute atomic E-state index is 0.302. The molecule has 0 unspecified atom stereocenters. The smallest absolute Gasteiger partial charge is 0.413 e. The van der Waals surface area contributed by atoms with Crippen LogP contribution in [0, 0.1) is 5.92 Å². The molecule has 1 rings (SSSR count). The van der Waals surface area contributed by atoms with Crippen LogP contribution in [-0.4, -0.2) is 17.3 Å². The average molecular weight is 208 g/mol. The maximum absolute atomic E-state index is 12.4. The number of halogens is 3. The summed E-state index contributed by atoms with van der Waals surface area (Å²) in [6.07, 6.45) is -1.82. The highest BCUT2D eigenvalue weighted by atomic mass is 19.4. The molecular weight excluding hydrogens is 197 g/mol. The molecule has 0 radical (unpaired) electrons. The maximum atomic E-state index is 12.4. The number of carboxylic acid groups (broad SMARTS) is 1. The largest absolute Gasteiger partial charge is 0.478 e. The Morgan fingerprint density at radius 3 is 2.14 bits per heavy atom. The molecule has 0 bridgehead atoms. The first-order chi connectivity index (χ1) is 6.41. The average Bonchev–Trinajstić information content (AvgIpc) is 2.49. The van der Waals surface area contributed by atoms with Crippen molar-refractivity contribution in [2.24, 2.45) is 5.92 Å². The number of carboxylic acids is 1. The molecule has 0 spiro atoms. The lowest BCUT2D eigenvalue weighted by atomic mass is 9.96. The van der Waals surface area contributed by atoms with Crippen LogP contribution in [-0.2, 0) is 4.79 Å². The summed E-state index contributed by atoms with van der Waals surface area (Å²) in [6, 6.07) is 0. The third kappa shape index (κ3) is 2.75. The van der Waals surface area contributed by atoms with Gasteiger partial charge in [0, 0.05) is 11.6 Å². The highest BCUT2D eigenvalue weighted by molar-refractivity contribution is 5.81. The van der Waals surface area contributed by atoms with Crippen molar-refractivity contribution in [2.75, 3.05) is 0 Å². The predicted molar refractivity (Wildman–Crippen MR) is 43.7 cm³/mol. The molecule has 80 valence electrons. The summed E-state index contributed by atoms with van der Waals surface area (Å²) in [5.74, 6) is -2.14.